The number of Topliss-reactive ketones (excluding diaryl/α,β-unsaturated/α-hetero) is 1. The van der Waals surface area contributed by atoms with Gasteiger partial charge in [0, 0.05) is 17.4 Å². The molecule has 0 fully saturated rings. The number of H-pyrrole nitrogens is 1. The molecule has 6 nitrogen and oxygen atoms in total. The van der Waals surface area contributed by atoms with Crippen molar-refractivity contribution in [3.8, 4) is 0 Å². The minimum absolute atomic E-state index is 0.130. The van der Waals surface area contributed by atoms with Crippen molar-refractivity contribution in [3.63, 3.8) is 0 Å². The summed E-state index contributed by atoms with van der Waals surface area (Å²) in [5, 5.41) is 2.68. The van der Waals surface area contributed by atoms with E-state index >= 15 is 0 Å². The van der Waals surface area contributed by atoms with Crippen LogP contribution in [0.15, 0.2) is 36.5 Å². The van der Waals surface area contributed by atoms with Gasteiger partial charge in [-0.25, -0.2) is 4.79 Å². The summed E-state index contributed by atoms with van der Waals surface area (Å²) in [6.45, 7) is 4.80. The second-order valence-corrected chi connectivity index (χ2v) is 5.26. The zero-order valence-corrected chi connectivity index (χ0v) is 13.2. The average molecular weight is 314 g/mol. The lowest BCUT2D eigenvalue weighted by atomic mass is 10.2. The number of hydrogen-bond acceptors (Lipinski definition) is 4. The molecule has 2 N–H and O–H groups in total. The highest BCUT2D eigenvalue weighted by Crippen LogP contribution is 2.12. The number of ether oxygens (including phenoxy) is 1. The number of carbonyl (C=O) groups is 3. The Labute approximate surface area is 133 Å². The molecule has 2 aromatic rings. The lowest BCUT2D eigenvalue weighted by Gasteiger charge is -2.13. The molecule has 120 valence electrons. The van der Waals surface area contributed by atoms with Crippen molar-refractivity contribution in [2.45, 2.75) is 26.9 Å². The molecule has 1 aromatic carbocycles. The Balaban J connectivity index is 1.97. The van der Waals surface area contributed by atoms with Crippen LogP contribution in [0.25, 0.3) is 0 Å². The molecular weight excluding hydrogens is 296 g/mol. The van der Waals surface area contributed by atoms with Crippen LogP contribution in [0.1, 0.15) is 40.3 Å². The minimum atomic E-state index is -0.966. The summed E-state index contributed by atoms with van der Waals surface area (Å²) in [5.41, 5.74) is 2.16. The molecule has 6 heteroatoms. The first-order valence-electron chi connectivity index (χ1n) is 7.14. The number of esters is 1. The van der Waals surface area contributed by atoms with Crippen molar-refractivity contribution in [2.24, 2.45) is 0 Å². The third-order valence-electron chi connectivity index (χ3n) is 3.25. The van der Waals surface area contributed by atoms with E-state index in [1.807, 2.05) is 25.1 Å². The summed E-state index contributed by atoms with van der Waals surface area (Å²) in [6, 6.07) is 8.71. The fraction of sp³-hybridized carbons (Fsp3) is 0.235. The van der Waals surface area contributed by atoms with E-state index in [-0.39, 0.29) is 11.5 Å². The van der Waals surface area contributed by atoms with E-state index in [4.69, 9.17) is 4.74 Å². The molecule has 0 radical (unpaired) electrons. The average Bonchev–Trinajstić information content (AvgIpc) is 2.97. The summed E-state index contributed by atoms with van der Waals surface area (Å²) in [4.78, 5) is 37.9. The molecule has 1 atom stereocenters. The smallest absolute Gasteiger partial charge is 0.355 e. The van der Waals surface area contributed by atoms with E-state index in [2.05, 4.69) is 10.3 Å². The number of hydrogen-bond donors (Lipinski definition) is 2. The highest BCUT2D eigenvalue weighted by molar-refractivity contribution is 5.99. The zero-order valence-electron chi connectivity index (χ0n) is 13.2. The Morgan fingerprint density at radius 3 is 2.57 bits per heavy atom. The molecular formula is C17H18N2O4. The van der Waals surface area contributed by atoms with Crippen molar-refractivity contribution in [3.05, 3.63) is 53.3 Å². The van der Waals surface area contributed by atoms with Crippen LogP contribution in [0, 0.1) is 6.92 Å². The quantitative estimate of drug-likeness (QED) is 0.656. The number of ketones is 1. The monoisotopic (exact) mass is 314 g/mol. The number of aromatic amines is 1. The van der Waals surface area contributed by atoms with Crippen LogP contribution >= 0.6 is 0 Å². The molecule has 0 spiro atoms. The third kappa shape index (κ3) is 4.29. The first-order chi connectivity index (χ1) is 10.9. The van der Waals surface area contributed by atoms with Crippen LogP contribution in [0.2, 0.25) is 0 Å². The first kappa shape index (κ1) is 16.5. The second-order valence-electron chi connectivity index (χ2n) is 5.26. The maximum absolute atomic E-state index is 12.1. The van der Waals surface area contributed by atoms with Crippen LogP contribution in [0.4, 0.5) is 5.69 Å². The van der Waals surface area contributed by atoms with Crippen LogP contribution in [0.3, 0.4) is 0 Å². The summed E-state index contributed by atoms with van der Waals surface area (Å²) in [6.07, 6.45) is 0.461. The lowest BCUT2D eigenvalue weighted by molar-refractivity contribution is -0.123. The Kier molecular flexibility index (Phi) is 4.95. The van der Waals surface area contributed by atoms with Gasteiger partial charge >= 0.3 is 5.97 Å². The van der Waals surface area contributed by atoms with Gasteiger partial charge in [0.25, 0.3) is 5.91 Å². The van der Waals surface area contributed by atoms with Gasteiger partial charge in [-0.1, -0.05) is 12.1 Å². The molecule has 1 heterocycles. The van der Waals surface area contributed by atoms with Gasteiger partial charge in [0.05, 0.1) is 0 Å². The van der Waals surface area contributed by atoms with Crippen molar-refractivity contribution in [1.29, 1.82) is 0 Å². The van der Waals surface area contributed by atoms with Gasteiger partial charge in [-0.05, 0) is 44.5 Å². The molecule has 0 bridgehead atoms. The molecule has 23 heavy (non-hydrogen) atoms. The van der Waals surface area contributed by atoms with Gasteiger partial charge in [-0.3, -0.25) is 9.59 Å². The molecule has 0 saturated heterocycles. The van der Waals surface area contributed by atoms with Crippen molar-refractivity contribution in [1.82, 2.24) is 4.98 Å². The van der Waals surface area contributed by atoms with Gasteiger partial charge < -0.3 is 15.0 Å². The predicted molar refractivity (Wildman–Crippen MR) is 85.5 cm³/mol. The molecule has 2 rings (SSSR count). The first-order valence-corrected chi connectivity index (χ1v) is 7.14. The number of anilines is 1. The molecule has 0 aliphatic carbocycles. The van der Waals surface area contributed by atoms with E-state index < -0.39 is 18.0 Å². The number of carbonyl (C=O) groups excluding carboxylic acids is 3. The summed E-state index contributed by atoms with van der Waals surface area (Å²) in [7, 11) is 0. The maximum Gasteiger partial charge on any atom is 0.355 e. The fourth-order valence-electron chi connectivity index (χ4n) is 1.96. The third-order valence-corrected chi connectivity index (χ3v) is 3.25. The van der Waals surface area contributed by atoms with Crippen molar-refractivity contribution in [2.75, 3.05) is 5.32 Å². The largest absolute Gasteiger partial charge is 0.448 e. The Morgan fingerprint density at radius 2 is 1.96 bits per heavy atom. The van der Waals surface area contributed by atoms with Crippen LogP contribution in [-0.2, 0) is 9.53 Å². The van der Waals surface area contributed by atoms with E-state index in [9.17, 15) is 14.4 Å². The van der Waals surface area contributed by atoms with Crippen LogP contribution in [0.5, 0.6) is 0 Å². The zero-order chi connectivity index (χ0) is 17.0. The molecule has 1 aromatic heterocycles. The van der Waals surface area contributed by atoms with E-state index in [1.54, 1.807) is 6.07 Å². The minimum Gasteiger partial charge on any atom is -0.448 e. The van der Waals surface area contributed by atoms with Crippen molar-refractivity contribution < 1.29 is 19.1 Å². The number of benzene rings is 1. The predicted octanol–water partition coefficient (Wildman–Crippen LogP) is 2.71. The standard InChI is InChI=1S/C17H18N2O4/c1-10-5-4-6-14(7-10)19-16(21)12(3)23-17(22)15-8-13(9-18-15)11(2)20/h4-9,12,18H,1-3H3,(H,19,21)/t12-/m0/s1. The van der Waals surface area contributed by atoms with Gasteiger partial charge in [0.2, 0.25) is 0 Å². The molecule has 0 unspecified atom stereocenters. The van der Waals surface area contributed by atoms with Crippen LogP contribution < -0.4 is 5.32 Å². The Bertz CT molecular complexity index is 749. The lowest BCUT2D eigenvalue weighted by Crippen LogP contribution is -2.30. The number of nitrogens with one attached hydrogen (secondary N) is 2. The second kappa shape index (κ2) is 6.91. The molecule has 1 amide bonds. The van der Waals surface area contributed by atoms with E-state index in [0.29, 0.717) is 11.3 Å². The van der Waals surface area contributed by atoms with Crippen molar-refractivity contribution >= 4 is 23.3 Å². The summed E-state index contributed by atoms with van der Waals surface area (Å²) >= 11 is 0. The number of rotatable bonds is 5. The van der Waals surface area contributed by atoms with E-state index in [1.165, 1.54) is 26.1 Å². The highest BCUT2D eigenvalue weighted by Gasteiger charge is 2.20. The normalized spacial score (nSPS) is 11.6. The van der Waals surface area contributed by atoms with Crippen LogP contribution in [-0.4, -0.2) is 28.7 Å². The van der Waals surface area contributed by atoms with Gasteiger partial charge in [-0.2, -0.15) is 0 Å². The summed E-state index contributed by atoms with van der Waals surface area (Å²) < 4.78 is 5.10. The van der Waals surface area contributed by atoms with Gasteiger partial charge in [-0.15, -0.1) is 0 Å². The SMILES string of the molecule is CC(=O)c1c[nH]c(C(=O)O[C@@H](C)C(=O)Nc2cccc(C)c2)c1. The fourth-order valence-corrected chi connectivity index (χ4v) is 1.96. The number of aromatic nitrogens is 1. The van der Waals surface area contributed by atoms with E-state index in [0.717, 1.165) is 5.56 Å². The molecule has 0 aliphatic rings. The number of aryl methyl sites for hydroxylation is 1. The number of amides is 1. The van der Waals surface area contributed by atoms with Gasteiger partial charge in [0.1, 0.15) is 5.69 Å². The molecule has 0 saturated carbocycles. The van der Waals surface area contributed by atoms with Gasteiger partial charge in [0.15, 0.2) is 11.9 Å². The molecule has 0 aliphatic heterocycles. The summed E-state index contributed by atoms with van der Waals surface area (Å²) in [5.74, 6) is -1.28. The maximum atomic E-state index is 12.1. The topological polar surface area (TPSA) is 88.3 Å². The highest BCUT2D eigenvalue weighted by atomic mass is 16.5. The Hall–Kier alpha value is -2.89. The Morgan fingerprint density at radius 1 is 1.22 bits per heavy atom.